The Kier molecular flexibility index (Phi) is 9.90. The van der Waals surface area contributed by atoms with Gasteiger partial charge in [0.1, 0.15) is 5.82 Å². The summed E-state index contributed by atoms with van der Waals surface area (Å²) in [7, 11) is 3.46. The molecule has 0 aliphatic heterocycles. The maximum Gasteiger partial charge on any atom is 0.241 e. The van der Waals surface area contributed by atoms with Crippen LogP contribution in [0.3, 0.4) is 0 Å². The standard InChI is InChI=1S/C19H29FN4O.HI/c1-14-6-4-5-7-17(14)23-19(22-13-18(25)24(2)3)21-12-15-8-10-16(20)11-9-15;/h8-11,14,17H,4-7,12-13H2,1-3H3,(H2,21,22,23);1H. The van der Waals surface area contributed by atoms with Crippen LogP contribution in [-0.2, 0) is 11.3 Å². The van der Waals surface area contributed by atoms with E-state index in [1.165, 1.54) is 31.4 Å². The second kappa shape index (κ2) is 11.4. The number of carbonyl (C=O) groups excluding carboxylic acids is 1. The van der Waals surface area contributed by atoms with Gasteiger partial charge in [-0.2, -0.15) is 0 Å². The quantitative estimate of drug-likeness (QED) is 0.390. The minimum Gasteiger partial charge on any atom is -0.353 e. The van der Waals surface area contributed by atoms with E-state index in [1.807, 2.05) is 0 Å². The Labute approximate surface area is 172 Å². The number of carbonyl (C=O) groups is 1. The average Bonchev–Trinajstić information content (AvgIpc) is 2.60. The Morgan fingerprint density at radius 1 is 1.23 bits per heavy atom. The zero-order valence-corrected chi connectivity index (χ0v) is 18.1. The highest BCUT2D eigenvalue weighted by molar-refractivity contribution is 14.0. The summed E-state index contributed by atoms with van der Waals surface area (Å²) in [6, 6.07) is 6.69. The average molecular weight is 476 g/mol. The van der Waals surface area contributed by atoms with E-state index in [0.717, 1.165) is 12.0 Å². The van der Waals surface area contributed by atoms with Gasteiger partial charge in [-0.3, -0.25) is 4.79 Å². The molecule has 146 valence electrons. The van der Waals surface area contributed by atoms with E-state index < -0.39 is 0 Å². The molecule has 0 bridgehead atoms. The Bertz CT molecular complexity index is 592. The van der Waals surface area contributed by atoms with Crippen molar-refractivity contribution in [1.29, 1.82) is 0 Å². The van der Waals surface area contributed by atoms with Gasteiger partial charge in [-0.05, 0) is 36.5 Å². The first-order chi connectivity index (χ1) is 12.0. The van der Waals surface area contributed by atoms with Crippen LogP contribution in [0.15, 0.2) is 29.3 Å². The predicted octanol–water partition coefficient (Wildman–Crippen LogP) is 3.15. The Morgan fingerprint density at radius 3 is 2.50 bits per heavy atom. The smallest absolute Gasteiger partial charge is 0.241 e. The van der Waals surface area contributed by atoms with Crippen LogP contribution in [0.2, 0.25) is 0 Å². The third kappa shape index (κ3) is 7.47. The molecule has 1 aliphatic rings. The summed E-state index contributed by atoms with van der Waals surface area (Å²) in [5.41, 5.74) is 0.929. The first kappa shape index (κ1) is 22.7. The van der Waals surface area contributed by atoms with E-state index in [0.29, 0.717) is 24.5 Å². The number of likely N-dealkylation sites (N-methyl/N-ethyl adjacent to an activating group) is 1. The second-order valence-electron chi connectivity index (χ2n) is 6.95. The van der Waals surface area contributed by atoms with Crippen molar-refractivity contribution in [3.8, 4) is 0 Å². The molecule has 2 unspecified atom stereocenters. The normalized spacial score (nSPS) is 20.1. The van der Waals surface area contributed by atoms with Crippen molar-refractivity contribution in [2.24, 2.45) is 10.9 Å². The predicted molar refractivity (Wildman–Crippen MR) is 114 cm³/mol. The van der Waals surface area contributed by atoms with E-state index >= 15 is 0 Å². The Balaban J connectivity index is 0.00000338. The number of rotatable bonds is 5. The first-order valence-electron chi connectivity index (χ1n) is 8.95. The van der Waals surface area contributed by atoms with Gasteiger partial charge in [-0.1, -0.05) is 31.9 Å². The number of benzene rings is 1. The maximum atomic E-state index is 13.0. The highest BCUT2D eigenvalue weighted by Crippen LogP contribution is 2.23. The van der Waals surface area contributed by atoms with Gasteiger partial charge in [-0.15, -0.1) is 24.0 Å². The molecular formula is C19H30FIN4O. The molecule has 0 radical (unpaired) electrons. The summed E-state index contributed by atoms with van der Waals surface area (Å²) in [6.45, 7) is 2.88. The number of aliphatic imine (C=N–C) groups is 1. The van der Waals surface area contributed by atoms with Gasteiger partial charge in [-0.25, -0.2) is 9.38 Å². The molecule has 5 nitrogen and oxygen atoms in total. The topological polar surface area (TPSA) is 56.7 Å². The molecule has 1 aromatic rings. The molecule has 1 saturated carbocycles. The molecule has 1 amide bonds. The molecule has 2 atom stereocenters. The van der Waals surface area contributed by atoms with Crippen LogP contribution in [0.4, 0.5) is 4.39 Å². The van der Waals surface area contributed by atoms with E-state index in [2.05, 4.69) is 22.5 Å². The molecule has 0 saturated heterocycles. The van der Waals surface area contributed by atoms with E-state index in [1.54, 1.807) is 31.1 Å². The SMILES string of the molecule is CC1CCCCC1NC(=NCc1ccc(F)cc1)NCC(=O)N(C)C.I. The van der Waals surface area contributed by atoms with Crippen molar-refractivity contribution in [2.75, 3.05) is 20.6 Å². The van der Waals surface area contributed by atoms with E-state index in [9.17, 15) is 9.18 Å². The number of nitrogens with one attached hydrogen (secondary N) is 2. The lowest BCUT2D eigenvalue weighted by Gasteiger charge is -2.31. The zero-order chi connectivity index (χ0) is 18.2. The highest BCUT2D eigenvalue weighted by atomic mass is 127. The molecule has 2 rings (SSSR count). The molecule has 1 aliphatic carbocycles. The summed E-state index contributed by atoms with van der Waals surface area (Å²) < 4.78 is 13.0. The molecule has 7 heteroatoms. The fraction of sp³-hybridized carbons (Fsp3) is 0.579. The molecule has 0 spiro atoms. The lowest BCUT2D eigenvalue weighted by atomic mass is 9.86. The fourth-order valence-corrected chi connectivity index (χ4v) is 2.94. The van der Waals surface area contributed by atoms with Crippen LogP contribution in [0.1, 0.15) is 38.2 Å². The summed E-state index contributed by atoms with van der Waals surface area (Å²) in [5, 5.41) is 6.60. The largest absolute Gasteiger partial charge is 0.353 e. The number of guanidine groups is 1. The zero-order valence-electron chi connectivity index (χ0n) is 15.8. The molecule has 1 aromatic carbocycles. The van der Waals surface area contributed by atoms with Gasteiger partial charge in [0.2, 0.25) is 5.91 Å². The van der Waals surface area contributed by atoms with Crippen LogP contribution < -0.4 is 10.6 Å². The number of hydrogen-bond donors (Lipinski definition) is 2. The van der Waals surface area contributed by atoms with E-state index in [-0.39, 0.29) is 42.2 Å². The molecule has 2 N–H and O–H groups in total. The summed E-state index contributed by atoms with van der Waals surface area (Å²) >= 11 is 0. The third-order valence-corrected chi connectivity index (χ3v) is 4.67. The van der Waals surface area contributed by atoms with Crippen molar-refractivity contribution in [3.05, 3.63) is 35.6 Å². The summed E-state index contributed by atoms with van der Waals surface area (Å²) in [6.07, 6.45) is 4.80. The van der Waals surface area contributed by atoms with Crippen molar-refractivity contribution in [3.63, 3.8) is 0 Å². The van der Waals surface area contributed by atoms with Gasteiger partial charge in [0.15, 0.2) is 5.96 Å². The first-order valence-corrected chi connectivity index (χ1v) is 8.95. The van der Waals surface area contributed by atoms with Crippen LogP contribution in [0.5, 0.6) is 0 Å². The Morgan fingerprint density at radius 2 is 1.88 bits per heavy atom. The Hall–Kier alpha value is -1.38. The number of nitrogens with zero attached hydrogens (tertiary/aromatic N) is 2. The summed E-state index contributed by atoms with van der Waals surface area (Å²) in [5.74, 6) is 0.958. The third-order valence-electron chi connectivity index (χ3n) is 4.67. The lowest BCUT2D eigenvalue weighted by Crippen LogP contribution is -2.49. The monoisotopic (exact) mass is 476 g/mol. The van der Waals surface area contributed by atoms with Crippen molar-refractivity contribution < 1.29 is 9.18 Å². The minimum absolute atomic E-state index is 0. The lowest BCUT2D eigenvalue weighted by molar-refractivity contribution is -0.127. The molecule has 1 fully saturated rings. The maximum absolute atomic E-state index is 13.0. The van der Waals surface area contributed by atoms with Crippen LogP contribution in [-0.4, -0.2) is 43.4 Å². The van der Waals surface area contributed by atoms with Gasteiger partial charge in [0.25, 0.3) is 0 Å². The molecular weight excluding hydrogens is 446 g/mol. The van der Waals surface area contributed by atoms with Gasteiger partial charge in [0.05, 0.1) is 13.1 Å². The van der Waals surface area contributed by atoms with Crippen LogP contribution in [0, 0.1) is 11.7 Å². The fourth-order valence-electron chi connectivity index (χ4n) is 2.94. The van der Waals surface area contributed by atoms with E-state index in [4.69, 9.17) is 0 Å². The number of hydrogen-bond acceptors (Lipinski definition) is 2. The van der Waals surface area contributed by atoms with Gasteiger partial charge >= 0.3 is 0 Å². The second-order valence-corrected chi connectivity index (χ2v) is 6.95. The molecule has 0 heterocycles. The molecule has 26 heavy (non-hydrogen) atoms. The van der Waals surface area contributed by atoms with Gasteiger partial charge in [0, 0.05) is 20.1 Å². The van der Waals surface area contributed by atoms with Crippen molar-refractivity contribution in [1.82, 2.24) is 15.5 Å². The van der Waals surface area contributed by atoms with Crippen molar-refractivity contribution >= 4 is 35.8 Å². The van der Waals surface area contributed by atoms with Crippen molar-refractivity contribution in [2.45, 2.75) is 45.2 Å². The minimum atomic E-state index is -0.253. The van der Waals surface area contributed by atoms with Crippen LogP contribution >= 0.6 is 24.0 Å². The van der Waals surface area contributed by atoms with Crippen LogP contribution in [0.25, 0.3) is 0 Å². The number of amides is 1. The van der Waals surface area contributed by atoms with Gasteiger partial charge < -0.3 is 15.5 Å². The summed E-state index contributed by atoms with van der Waals surface area (Å²) in [4.78, 5) is 18.0. The highest BCUT2D eigenvalue weighted by Gasteiger charge is 2.22. The molecule has 0 aromatic heterocycles. The number of halogens is 2.